The Labute approximate surface area is 121 Å². The normalized spacial score (nSPS) is 40.5. The molecule has 2 heterocycles. The van der Waals surface area contributed by atoms with E-state index in [1.54, 1.807) is 0 Å². The van der Waals surface area contributed by atoms with Crippen LogP contribution in [0, 0.1) is 28.6 Å². The maximum Gasteiger partial charge on any atom is 0.226 e. The molecule has 1 N–H and O–H groups in total. The van der Waals surface area contributed by atoms with E-state index in [2.05, 4.69) is 24.1 Å². The highest BCUT2D eigenvalue weighted by molar-refractivity contribution is 5.85. The van der Waals surface area contributed by atoms with Crippen molar-refractivity contribution in [2.45, 2.75) is 33.1 Å². The Morgan fingerprint density at radius 1 is 1.16 bits per heavy atom. The highest BCUT2D eigenvalue weighted by atomic mass is 35.5. The number of fused-ring (bicyclic) bond motifs is 1. The Hall–Kier alpha value is -0.280. The molecule has 0 bridgehead atoms. The summed E-state index contributed by atoms with van der Waals surface area (Å²) in [5.41, 5.74) is 0.928. The molecule has 4 fully saturated rings. The van der Waals surface area contributed by atoms with E-state index < -0.39 is 0 Å². The molecule has 2 saturated heterocycles. The van der Waals surface area contributed by atoms with Crippen LogP contribution in [0.4, 0.5) is 0 Å². The van der Waals surface area contributed by atoms with Crippen molar-refractivity contribution in [3.05, 3.63) is 0 Å². The average molecular weight is 285 g/mol. The van der Waals surface area contributed by atoms with Crippen molar-refractivity contribution < 1.29 is 4.79 Å². The van der Waals surface area contributed by atoms with E-state index in [4.69, 9.17) is 0 Å². The molecule has 3 unspecified atom stereocenters. The predicted molar refractivity (Wildman–Crippen MR) is 77.2 cm³/mol. The summed E-state index contributed by atoms with van der Waals surface area (Å²) in [4.78, 5) is 14.7. The lowest BCUT2D eigenvalue weighted by atomic mass is 9.91. The minimum absolute atomic E-state index is 0. The fourth-order valence-electron chi connectivity index (χ4n) is 4.71. The zero-order chi connectivity index (χ0) is 12.5. The third kappa shape index (κ3) is 1.84. The number of hydrogen-bond donors (Lipinski definition) is 1. The molecule has 0 aromatic heterocycles. The van der Waals surface area contributed by atoms with Crippen LogP contribution in [0.25, 0.3) is 0 Å². The van der Waals surface area contributed by atoms with Gasteiger partial charge in [0, 0.05) is 19.0 Å². The van der Waals surface area contributed by atoms with E-state index in [-0.39, 0.29) is 12.4 Å². The zero-order valence-electron chi connectivity index (χ0n) is 11.9. The molecule has 2 aliphatic heterocycles. The van der Waals surface area contributed by atoms with Crippen LogP contribution < -0.4 is 5.32 Å². The van der Waals surface area contributed by atoms with Gasteiger partial charge in [0.05, 0.1) is 0 Å². The van der Waals surface area contributed by atoms with Crippen LogP contribution in [0.2, 0.25) is 0 Å². The average Bonchev–Trinajstić information content (AvgIpc) is 3.06. The zero-order valence-corrected chi connectivity index (χ0v) is 12.8. The lowest BCUT2D eigenvalue weighted by Crippen LogP contribution is -2.37. The number of piperidine rings is 2. The van der Waals surface area contributed by atoms with Gasteiger partial charge in [0.25, 0.3) is 0 Å². The second-order valence-corrected chi connectivity index (χ2v) is 7.65. The van der Waals surface area contributed by atoms with Crippen LogP contribution in [0.3, 0.4) is 0 Å². The molecule has 0 aromatic carbocycles. The van der Waals surface area contributed by atoms with E-state index in [9.17, 15) is 4.79 Å². The summed E-state index contributed by atoms with van der Waals surface area (Å²) in [5, 5.41) is 3.41. The molecule has 108 valence electrons. The lowest BCUT2D eigenvalue weighted by molar-refractivity contribution is -0.133. The second kappa shape index (κ2) is 4.11. The highest BCUT2D eigenvalue weighted by Crippen LogP contribution is 2.64. The Bertz CT molecular complexity index is 389. The van der Waals surface area contributed by atoms with E-state index >= 15 is 0 Å². The highest BCUT2D eigenvalue weighted by Gasteiger charge is 2.65. The Balaban J connectivity index is 0.00000110. The van der Waals surface area contributed by atoms with Crippen molar-refractivity contribution >= 4 is 18.3 Å². The molecule has 4 rings (SSSR count). The first kappa shape index (κ1) is 13.7. The first-order valence-corrected chi connectivity index (χ1v) is 7.54. The second-order valence-electron chi connectivity index (χ2n) is 7.65. The van der Waals surface area contributed by atoms with Crippen molar-refractivity contribution in [1.82, 2.24) is 10.2 Å². The number of nitrogens with zero attached hydrogens (tertiary/aromatic N) is 1. The van der Waals surface area contributed by atoms with Gasteiger partial charge in [-0.3, -0.25) is 4.79 Å². The van der Waals surface area contributed by atoms with Gasteiger partial charge in [-0.15, -0.1) is 12.4 Å². The van der Waals surface area contributed by atoms with Gasteiger partial charge in [0.2, 0.25) is 5.91 Å². The number of nitrogens with one attached hydrogen (secondary N) is 1. The summed E-state index contributed by atoms with van der Waals surface area (Å²) in [7, 11) is 0. The van der Waals surface area contributed by atoms with Gasteiger partial charge in [-0.1, -0.05) is 13.8 Å². The van der Waals surface area contributed by atoms with Crippen LogP contribution >= 0.6 is 12.4 Å². The number of amides is 1. The molecule has 1 spiro atoms. The minimum Gasteiger partial charge on any atom is -0.342 e. The molecular formula is C15H25ClN2O. The minimum atomic E-state index is 0. The number of carbonyl (C=O) groups excluding carboxylic acids is 1. The number of carbonyl (C=O) groups is 1. The SMILES string of the molecule is CC1(C)C2CN(C(=O)C3CC34CCNCC4)CC21.Cl. The first-order valence-electron chi connectivity index (χ1n) is 7.54. The molecule has 1 amide bonds. The summed E-state index contributed by atoms with van der Waals surface area (Å²) >= 11 is 0. The summed E-state index contributed by atoms with van der Waals surface area (Å²) in [6.07, 6.45) is 3.61. The Kier molecular flexibility index (Phi) is 2.96. The number of likely N-dealkylation sites (tertiary alicyclic amines) is 1. The van der Waals surface area contributed by atoms with Crippen LogP contribution in [0.15, 0.2) is 0 Å². The van der Waals surface area contributed by atoms with Gasteiger partial charge in [0.15, 0.2) is 0 Å². The molecule has 0 aromatic rings. The molecule has 3 atom stereocenters. The van der Waals surface area contributed by atoms with Crippen molar-refractivity contribution in [2.24, 2.45) is 28.6 Å². The molecule has 2 aliphatic carbocycles. The summed E-state index contributed by atoms with van der Waals surface area (Å²) in [6, 6.07) is 0. The fourth-order valence-corrected chi connectivity index (χ4v) is 4.71. The van der Waals surface area contributed by atoms with Gasteiger partial charge in [-0.2, -0.15) is 0 Å². The molecular weight excluding hydrogens is 260 g/mol. The summed E-state index contributed by atoms with van der Waals surface area (Å²) in [6.45, 7) is 9.03. The van der Waals surface area contributed by atoms with E-state index in [0.29, 0.717) is 22.7 Å². The maximum absolute atomic E-state index is 12.6. The van der Waals surface area contributed by atoms with Crippen LogP contribution in [0.5, 0.6) is 0 Å². The van der Waals surface area contributed by atoms with Crippen LogP contribution in [-0.2, 0) is 4.79 Å². The molecule has 4 aliphatic rings. The lowest BCUT2D eigenvalue weighted by Gasteiger charge is -2.26. The van der Waals surface area contributed by atoms with Crippen molar-refractivity contribution in [3.8, 4) is 0 Å². The third-order valence-corrected chi connectivity index (χ3v) is 6.52. The maximum atomic E-state index is 12.6. The number of halogens is 1. The molecule has 4 heteroatoms. The quantitative estimate of drug-likeness (QED) is 0.798. The van der Waals surface area contributed by atoms with Gasteiger partial charge in [-0.25, -0.2) is 0 Å². The smallest absolute Gasteiger partial charge is 0.226 e. The molecule has 3 nitrogen and oxygen atoms in total. The Morgan fingerprint density at radius 2 is 1.74 bits per heavy atom. The summed E-state index contributed by atoms with van der Waals surface area (Å²) in [5.74, 6) is 2.45. The standard InChI is InChI=1S/C15H24N2O.ClH/c1-14(2)11-8-17(9-12(11)14)13(18)10-7-15(10)3-5-16-6-4-15;/h10-12,16H,3-9H2,1-2H3;1H. The van der Waals surface area contributed by atoms with E-state index in [1.165, 1.54) is 19.3 Å². The van der Waals surface area contributed by atoms with Crippen molar-refractivity contribution in [2.75, 3.05) is 26.2 Å². The van der Waals surface area contributed by atoms with Crippen molar-refractivity contribution in [3.63, 3.8) is 0 Å². The van der Waals surface area contributed by atoms with Gasteiger partial charge in [0.1, 0.15) is 0 Å². The molecule has 19 heavy (non-hydrogen) atoms. The first-order chi connectivity index (χ1) is 8.55. The van der Waals surface area contributed by atoms with E-state index in [1.807, 2.05) is 0 Å². The van der Waals surface area contributed by atoms with Crippen LogP contribution in [0.1, 0.15) is 33.1 Å². The monoisotopic (exact) mass is 284 g/mol. The number of hydrogen-bond acceptors (Lipinski definition) is 2. The largest absolute Gasteiger partial charge is 0.342 e. The predicted octanol–water partition coefficient (Wildman–Crippen LogP) is 1.91. The third-order valence-electron chi connectivity index (χ3n) is 6.52. The van der Waals surface area contributed by atoms with Crippen molar-refractivity contribution in [1.29, 1.82) is 0 Å². The van der Waals surface area contributed by atoms with Gasteiger partial charge >= 0.3 is 0 Å². The fraction of sp³-hybridized carbons (Fsp3) is 0.933. The number of rotatable bonds is 1. The summed E-state index contributed by atoms with van der Waals surface area (Å²) < 4.78 is 0. The van der Waals surface area contributed by atoms with E-state index in [0.717, 1.165) is 38.0 Å². The Morgan fingerprint density at radius 3 is 2.32 bits per heavy atom. The van der Waals surface area contributed by atoms with Gasteiger partial charge < -0.3 is 10.2 Å². The topological polar surface area (TPSA) is 32.3 Å². The van der Waals surface area contributed by atoms with Crippen LogP contribution in [-0.4, -0.2) is 37.0 Å². The molecule has 2 saturated carbocycles. The molecule has 0 radical (unpaired) electrons. The van der Waals surface area contributed by atoms with Gasteiger partial charge in [-0.05, 0) is 55.0 Å².